The minimum Gasteiger partial charge on any atom is -0.382 e. The van der Waals surface area contributed by atoms with E-state index in [-0.39, 0.29) is 29.9 Å². The van der Waals surface area contributed by atoms with Crippen molar-refractivity contribution in [2.75, 3.05) is 32.8 Å². The molecule has 1 unspecified atom stereocenters. The summed E-state index contributed by atoms with van der Waals surface area (Å²) in [6.45, 7) is 5.53. The number of benzene rings is 2. The fraction of sp³-hybridized carbons (Fsp3) is 0.370. The van der Waals surface area contributed by atoms with Gasteiger partial charge in [0, 0.05) is 31.2 Å². The van der Waals surface area contributed by atoms with Gasteiger partial charge in [0.1, 0.15) is 0 Å². The zero-order valence-electron chi connectivity index (χ0n) is 20.2. The molecular weight excluding hydrogens is 480 g/mol. The maximum Gasteiger partial charge on any atom is 0.243 e. The summed E-state index contributed by atoms with van der Waals surface area (Å²) in [6.07, 6.45) is 1.29. The normalized spacial score (nSPS) is 15.9. The highest BCUT2D eigenvalue weighted by molar-refractivity contribution is 7.89. The van der Waals surface area contributed by atoms with Gasteiger partial charge in [-0.15, -0.1) is 11.3 Å². The third-order valence-electron chi connectivity index (χ3n) is 6.27. The summed E-state index contributed by atoms with van der Waals surface area (Å²) >= 11 is 1.71. The monoisotopic (exact) mass is 512 g/mol. The quantitative estimate of drug-likeness (QED) is 0.371. The van der Waals surface area contributed by atoms with Crippen LogP contribution in [0.15, 0.2) is 70.9 Å². The summed E-state index contributed by atoms with van der Waals surface area (Å²) in [4.78, 5) is 17.1. The Balaban J connectivity index is 1.62. The molecule has 2 aromatic carbocycles. The topological polar surface area (TPSA) is 66.9 Å². The lowest BCUT2D eigenvalue weighted by atomic mass is 9.92. The van der Waals surface area contributed by atoms with E-state index in [1.807, 2.05) is 18.7 Å². The second-order valence-electron chi connectivity index (χ2n) is 8.65. The molecule has 186 valence electrons. The maximum absolute atomic E-state index is 13.7. The largest absolute Gasteiger partial charge is 0.382 e. The maximum atomic E-state index is 13.7. The number of amides is 1. The van der Waals surface area contributed by atoms with E-state index in [9.17, 15) is 13.2 Å². The van der Waals surface area contributed by atoms with Gasteiger partial charge in [-0.25, -0.2) is 8.42 Å². The summed E-state index contributed by atoms with van der Waals surface area (Å²) in [7, 11) is -3.83. The van der Waals surface area contributed by atoms with Crippen molar-refractivity contribution >= 4 is 27.3 Å². The van der Waals surface area contributed by atoms with Crippen molar-refractivity contribution in [3.63, 3.8) is 0 Å². The van der Waals surface area contributed by atoms with Crippen LogP contribution < -0.4 is 0 Å². The van der Waals surface area contributed by atoms with Crippen LogP contribution >= 0.6 is 11.3 Å². The van der Waals surface area contributed by atoms with Crippen molar-refractivity contribution in [3.8, 4) is 0 Å². The van der Waals surface area contributed by atoms with Gasteiger partial charge in [0.15, 0.2) is 0 Å². The summed E-state index contributed by atoms with van der Waals surface area (Å²) in [5.74, 6) is -0.191. The van der Waals surface area contributed by atoms with Crippen molar-refractivity contribution < 1.29 is 17.9 Å². The van der Waals surface area contributed by atoms with Gasteiger partial charge in [0.05, 0.1) is 17.5 Å². The van der Waals surface area contributed by atoms with Crippen LogP contribution in [0.1, 0.15) is 41.0 Å². The van der Waals surface area contributed by atoms with Crippen molar-refractivity contribution in [2.24, 2.45) is 0 Å². The lowest BCUT2D eigenvalue weighted by molar-refractivity contribution is -0.133. The van der Waals surface area contributed by atoms with Gasteiger partial charge in [0.25, 0.3) is 0 Å². The Hall–Kier alpha value is -2.52. The number of carbonyl (C=O) groups excluding carboxylic acids is 1. The molecular formula is C27H32N2O4S2. The van der Waals surface area contributed by atoms with E-state index in [0.717, 1.165) is 23.1 Å². The Morgan fingerprint density at radius 3 is 2.57 bits per heavy atom. The fourth-order valence-corrected chi connectivity index (χ4v) is 6.80. The second kappa shape index (κ2) is 11.5. The molecule has 1 aliphatic heterocycles. The standard InChI is InChI=1S/C27H32N2O4S2/c1-3-33-18-7-16-28(35(31,32)23-8-5-4-6-9-23)20-26(30)29-17-14-25-24(15-19-34-25)27(29)22-12-10-21(2)11-13-22/h4-6,8-13,15,19,27H,3,7,14,16-18,20H2,1-2H3. The number of hydrogen-bond acceptors (Lipinski definition) is 5. The van der Waals surface area contributed by atoms with E-state index in [1.54, 1.807) is 41.7 Å². The molecule has 35 heavy (non-hydrogen) atoms. The summed E-state index contributed by atoms with van der Waals surface area (Å²) in [6, 6.07) is 18.4. The zero-order valence-corrected chi connectivity index (χ0v) is 21.9. The molecule has 1 amide bonds. The smallest absolute Gasteiger partial charge is 0.243 e. The molecule has 2 heterocycles. The number of carbonyl (C=O) groups is 1. The predicted molar refractivity (Wildman–Crippen MR) is 139 cm³/mol. The third-order valence-corrected chi connectivity index (χ3v) is 9.13. The Morgan fingerprint density at radius 2 is 1.86 bits per heavy atom. The fourth-order valence-electron chi connectivity index (χ4n) is 4.45. The first kappa shape index (κ1) is 25.6. The molecule has 6 nitrogen and oxygen atoms in total. The lowest BCUT2D eigenvalue weighted by Gasteiger charge is -2.37. The van der Waals surface area contributed by atoms with Crippen LogP contribution in [0.25, 0.3) is 0 Å². The van der Waals surface area contributed by atoms with Crippen LogP contribution in [0.5, 0.6) is 0 Å². The molecule has 0 aliphatic carbocycles. The first-order chi connectivity index (χ1) is 16.9. The number of nitrogens with zero attached hydrogens (tertiary/aromatic N) is 2. The van der Waals surface area contributed by atoms with Gasteiger partial charge in [0.2, 0.25) is 15.9 Å². The van der Waals surface area contributed by atoms with Crippen molar-refractivity contribution in [3.05, 3.63) is 87.6 Å². The molecule has 0 fully saturated rings. The second-order valence-corrected chi connectivity index (χ2v) is 11.6. The molecule has 0 saturated heterocycles. The minimum absolute atomic E-state index is 0.191. The molecule has 1 aliphatic rings. The van der Waals surface area contributed by atoms with E-state index < -0.39 is 10.0 Å². The number of aryl methyl sites for hydroxylation is 1. The molecule has 3 aromatic rings. The van der Waals surface area contributed by atoms with Gasteiger partial charge in [-0.3, -0.25) is 4.79 Å². The first-order valence-corrected chi connectivity index (χ1v) is 14.3. The Labute approximate surface area is 212 Å². The number of sulfonamides is 1. The highest BCUT2D eigenvalue weighted by Gasteiger charge is 2.35. The van der Waals surface area contributed by atoms with Crippen LogP contribution in [-0.2, 0) is 26.0 Å². The summed E-state index contributed by atoms with van der Waals surface area (Å²) in [5.41, 5.74) is 3.33. The van der Waals surface area contributed by atoms with Crippen molar-refractivity contribution in [2.45, 2.75) is 37.6 Å². The van der Waals surface area contributed by atoms with E-state index in [4.69, 9.17) is 4.74 Å². The van der Waals surface area contributed by atoms with Crippen LogP contribution in [-0.4, -0.2) is 56.4 Å². The highest BCUT2D eigenvalue weighted by atomic mass is 32.2. The van der Waals surface area contributed by atoms with Gasteiger partial charge < -0.3 is 9.64 Å². The van der Waals surface area contributed by atoms with Crippen LogP contribution in [0.3, 0.4) is 0 Å². The van der Waals surface area contributed by atoms with Crippen molar-refractivity contribution in [1.82, 2.24) is 9.21 Å². The van der Waals surface area contributed by atoms with Crippen LogP contribution in [0.4, 0.5) is 0 Å². The zero-order chi connectivity index (χ0) is 24.8. The third kappa shape index (κ3) is 5.83. The molecule has 0 spiro atoms. The molecule has 0 saturated carbocycles. The van der Waals surface area contributed by atoms with E-state index >= 15 is 0 Å². The molecule has 4 rings (SSSR count). The number of hydrogen-bond donors (Lipinski definition) is 0. The Bertz CT molecular complexity index is 1220. The van der Waals surface area contributed by atoms with Gasteiger partial charge in [-0.2, -0.15) is 4.31 Å². The average molecular weight is 513 g/mol. The lowest BCUT2D eigenvalue weighted by Crippen LogP contribution is -2.47. The summed E-state index contributed by atoms with van der Waals surface area (Å²) in [5, 5.41) is 2.07. The number of ether oxygens (including phenoxy) is 1. The molecule has 1 aromatic heterocycles. The molecule has 0 bridgehead atoms. The first-order valence-electron chi connectivity index (χ1n) is 12.0. The number of fused-ring (bicyclic) bond motifs is 1. The van der Waals surface area contributed by atoms with E-state index in [2.05, 4.69) is 35.7 Å². The van der Waals surface area contributed by atoms with Gasteiger partial charge in [-0.1, -0.05) is 48.0 Å². The molecule has 8 heteroatoms. The number of rotatable bonds is 10. The van der Waals surface area contributed by atoms with Crippen LogP contribution in [0, 0.1) is 6.92 Å². The van der Waals surface area contributed by atoms with Crippen LogP contribution in [0.2, 0.25) is 0 Å². The average Bonchev–Trinajstić information content (AvgIpc) is 3.35. The van der Waals surface area contributed by atoms with Crippen molar-refractivity contribution in [1.29, 1.82) is 0 Å². The van der Waals surface area contributed by atoms with E-state index in [1.165, 1.54) is 9.18 Å². The Kier molecular flexibility index (Phi) is 8.38. The predicted octanol–water partition coefficient (Wildman–Crippen LogP) is 4.65. The SMILES string of the molecule is CCOCCCN(CC(=O)N1CCc2sccc2C1c1ccc(C)cc1)S(=O)(=O)c1ccccc1. The van der Waals surface area contributed by atoms with Gasteiger partial charge >= 0.3 is 0 Å². The van der Waals surface area contributed by atoms with E-state index in [0.29, 0.717) is 26.2 Å². The summed E-state index contributed by atoms with van der Waals surface area (Å²) < 4.78 is 33.7. The Morgan fingerprint density at radius 1 is 1.11 bits per heavy atom. The molecule has 1 atom stereocenters. The minimum atomic E-state index is -3.83. The highest BCUT2D eigenvalue weighted by Crippen LogP contribution is 2.38. The number of thiophene rings is 1. The molecule has 0 N–H and O–H groups in total. The van der Waals surface area contributed by atoms with Gasteiger partial charge in [-0.05, 0) is 61.4 Å². The molecule has 0 radical (unpaired) electrons.